The fraction of sp³-hybridized carbons (Fsp3) is 0.200. The topological polar surface area (TPSA) is 104 Å². The first-order valence-electron chi connectivity index (χ1n) is 10.9. The van der Waals surface area contributed by atoms with E-state index in [0.717, 1.165) is 5.69 Å². The molecule has 0 amide bonds. The van der Waals surface area contributed by atoms with Crippen molar-refractivity contribution in [2.75, 3.05) is 10.6 Å². The number of aromatic nitrogens is 5. The number of hydrogen-bond donors (Lipinski definition) is 2. The molecular weight excluding hydrogens is 442 g/mol. The molecule has 1 aromatic carbocycles. The Bertz CT molecular complexity index is 1390. The van der Waals surface area contributed by atoms with E-state index < -0.39 is 5.41 Å². The van der Waals surface area contributed by atoms with Gasteiger partial charge in [-0.25, -0.2) is 0 Å². The van der Waals surface area contributed by atoms with Gasteiger partial charge in [-0.05, 0) is 0 Å². The fourth-order valence-corrected chi connectivity index (χ4v) is 3.36. The van der Waals surface area contributed by atoms with Crippen molar-refractivity contribution in [3.63, 3.8) is 0 Å². The normalized spacial score (nSPS) is 11.0. The van der Waals surface area contributed by atoms with E-state index >= 15 is 0 Å². The van der Waals surface area contributed by atoms with Gasteiger partial charge in [-0.15, -0.1) is 0 Å². The van der Waals surface area contributed by atoms with Gasteiger partial charge >= 0.3 is 175 Å². The number of halogens is 1. The monoisotopic (exact) mass is 465 g/mol. The Morgan fingerprint density at radius 3 is 2.43 bits per heavy atom. The van der Waals surface area contributed by atoms with Gasteiger partial charge in [0.15, 0.2) is 0 Å². The molecule has 3 aromatic heterocycles. The zero-order chi connectivity index (χ0) is 25.0. The van der Waals surface area contributed by atoms with Crippen molar-refractivity contribution in [3.05, 3.63) is 78.4 Å². The summed E-state index contributed by atoms with van der Waals surface area (Å²) < 4.78 is 16.5. The predicted molar refractivity (Wildman–Crippen MR) is 135 cm³/mol. The summed E-state index contributed by atoms with van der Waals surface area (Å²) in [6.07, 6.45) is 8.54. The molecule has 2 N–H and O–H groups in total. The molecule has 1 radical (unpaired) electrons. The molecule has 0 saturated heterocycles. The number of pyridine rings is 1. The van der Waals surface area contributed by atoms with E-state index in [4.69, 9.17) is 7.49 Å². The number of rotatable bonds is 8. The van der Waals surface area contributed by atoms with Gasteiger partial charge in [0.25, 0.3) is 0 Å². The number of nitrogens with zero attached hydrogens (tertiary/aromatic N) is 6. The van der Waals surface area contributed by atoms with Gasteiger partial charge in [-0.1, -0.05) is 0 Å². The first-order valence-corrected chi connectivity index (χ1v) is 10.9. The zero-order valence-corrected chi connectivity index (χ0v) is 19.6. The number of anilines is 3. The second-order valence-corrected chi connectivity index (χ2v) is 8.63. The summed E-state index contributed by atoms with van der Waals surface area (Å²) in [6.45, 7) is 3.60. The number of hydrogen-bond acceptors (Lipinski definition) is 7. The molecule has 0 aliphatic rings. The molecule has 8 nitrogen and oxygen atoms in total. The van der Waals surface area contributed by atoms with E-state index in [2.05, 4.69) is 36.8 Å². The van der Waals surface area contributed by atoms with Crippen LogP contribution < -0.4 is 10.6 Å². The van der Waals surface area contributed by atoms with Crippen LogP contribution in [0.1, 0.15) is 25.1 Å². The maximum atomic E-state index is 14.8. The van der Waals surface area contributed by atoms with E-state index in [1.807, 2.05) is 13.2 Å². The van der Waals surface area contributed by atoms with Crippen molar-refractivity contribution in [1.29, 1.82) is 5.26 Å². The van der Waals surface area contributed by atoms with Crippen LogP contribution in [0.2, 0.25) is 0 Å². The Labute approximate surface area is 204 Å². The van der Waals surface area contributed by atoms with Crippen molar-refractivity contribution >= 4 is 30.4 Å². The Hall–Kier alpha value is -4.39. The minimum absolute atomic E-state index is 0.196. The summed E-state index contributed by atoms with van der Waals surface area (Å²) in [5, 5.41) is 19.4. The molecule has 0 fully saturated rings. The van der Waals surface area contributed by atoms with Gasteiger partial charge < -0.3 is 0 Å². The molecule has 0 atom stereocenters. The van der Waals surface area contributed by atoms with E-state index in [0.29, 0.717) is 39.6 Å². The average molecular weight is 465 g/mol. The molecule has 10 heteroatoms. The molecule has 3 heterocycles. The van der Waals surface area contributed by atoms with Gasteiger partial charge in [0.1, 0.15) is 0 Å². The third-order valence-electron chi connectivity index (χ3n) is 5.37. The molecule has 4 aromatic rings. The molecule has 0 unspecified atom stereocenters. The molecular formula is C25H23BFN8. The van der Waals surface area contributed by atoms with Crippen LogP contribution in [0.5, 0.6) is 0 Å². The quantitative estimate of drug-likeness (QED) is 0.380. The van der Waals surface area contributed by atoms with Gasteiger partial charge in [-0.2, -0.15) is 5.10 Å². The van der Waals surface area contributed by atoms with Crippen LogP contribution in [-0.4, -0.2) is 37.8 Å². The molecule has 0 bridgehead atoms. The van der Waals surface area contributed by atoms with Crippen LogP contribution in [0, 0.1) is 17.1 Å². The number of nitriles is 1. The Balaban J connectivity index is 1.39. The predicted octanol–water partition coefficient (Wildman–Crippen LogP) is 3.91. The van der Waals surface area contributed by atoms with Gasteiger partial charge in [0.05, 0.1) is 6.20 Å². The number of nitrogens with one attached hydrogen (secondary N) is 2. The molecule has 4 rings (SSSR count). The molecule has 35 heavy (non-hydrogen) atoms. The third kappa shape index (κ3) is 5.76. The molecule has 0 aliphatic carbocycles. The first-order chi connectivity index (χ1) is 16.7. The van der Waals surface area contributed by atoms with Crippen molar-refractivity contribution in [2.24, 2.45) is 7.05 Å². The third-order valence-corrected chi connectivity index (χ3v) is 5.37. The summed E-state index contributed by atoms with van der Waals surface area (Å²) in [6, 6.07) is 10.7. The van der Waals surface area contributed by atoms with Crippen LogP contribution in [0.15, 0.2) is 61.3 Å². The number of benzene rings is 1. The van der Waals surface area contributed by atoms with E-state index in [-0.39, 0.29) is 12.2 Å². The molecule has 0 aliphatic heterocycles. The van der Waals surface area contributed by atoms with Crippen LogP contribution in [0.25, 0.3) is 11.1 Å². The summed E-state index contributed by atoms with van der Waals surface area (Å²) in [5.74, 6) is 0.0417. The Morgan fingerprint density at radius 1 is 1.06 bits per heavy atom. The van der Waals surface area contributed by atoms with Crippen LogP contribution in [-0.2, 0) is 18.9 Å². The Morgan fingerprint density at radius 2 is 1.83 bits per heavy atom. The SMILES string of the molecule is [B]=C(Cc1ccc(-c2cnc(Nc3cnn(C)c3)nc2)cc1F)Nc1ccc(C(C)(C)C#N)nc1. The second kappa shape index (κ2) is 9.85. The van der Waals surface area contributed by atoms with Gasteiger partial charge in [0.2, 0.25) is 0 Å². The average Bonchev–Trinajstić information content (AvgIpc) is 3.25. The summed E-state index contributed by atoms with van der Waals surface area (Å²) in [4.78, 5) is 12.9. The molecule has 0 spiro atoms. The molecule has 173 valence electrons. The van der Waals surface area contributed by atoms with E-state index in [1.165, 1.54) is 6.07 Å². The van der Waals surface area contributed by atoms with Crippen molar-refractivity contribution in [3.8, 4) is 17.2 Å². The summed E-state index contributed by atoms with van der Waals surface area (Å²) in [5.41, 5.74) is 3.59. The van der Waals surface area contributed by atoms with Gasteiger partial charge in [-0.3, -0.25) is 4.68 Å². The summed E-state index contributed by atoms with van der Waals surface area (Å²) in [7, 11) is 7.93. The van der Waals surface area contributed by atoms with Crippen LogP contribution >= 0.6 is 0 Å². The standard InChI is InChI=1S/C25H23BFN8/c1-25(2,15-28)22-7-6-19(12-29-22)33-23(26)9-17-5-4-16(8-21(17)27)18-10-30-24(31-11-18)34-20-13-32-35(3)14-20/h4-8,10-14,33H,9H2,1-3H3,(H,30,31,34). The van der Waals surface area contributed by atoms with Crippen molar-refractivity contribution in [2.45, 2.75) is 25.7 Å². The number of aryl methyl sites for hydroxylation is 1. The maximum absolute atomic E-state index is 14.8. The van der Waals surface area contributed by atoms with Crippen molar-refractivity contribution in [1.82, 2.24) is 24.7 Å². The first kappa shape index (κ1) is 23.8. The zero-order valence-electron chi connectivity index (χ0n) is 19.6. The van der Waals surface area contributed by atoms with Crippen LogP contribution in [0.4, 0.5) is 21.7 Å². The Kier molecular flexibility index (Phi) is 6.69. The molecule has 0 saturated carbocycles. The van der Waals surface area contributed by atoms with E-state index in [1.54, 1.807) is 67.6 Å². The fourth-order valence-electron chi connectivity index (χ4n) is 3.36. The van der Waals surface area contributed by atoms with E-state index in [9.17, 15) is 9.65 Å². The van der Waals surface area contributed by atoms with Crippen LogP contribution in [0.3, 0.4) is 0 Å². The van der Waals surface area contributed by atoms with Crippen molar-refractivity contribution < 1.29 is 4.39 Å². The summed E-state index contributed by atoms with van der Waals surface area (Å²) >= 11 is 0. The minimum atomic E-state index is -0.681. The van der Waals surface area contributed by atoms with Gasteiger partial charge in [0, 0.05) is 13.2 Å². The second-order valence-electron chi connectivity index (χ2n) is 8.63.